The smallest absolute Gasteiger partial charge is 0.0901 e. The molecule has 0 aliphatic heterocycles. The Hall–Kier alpha value is -0.410. The molecule has 3 heteroatoms. The largest absolute Gasteiger partial charge is 0.390 e. The van der Waals surface area contributed by atoms with Gasteiger partial charge in [-0.05, 0) is 12.8 Å². The molecule has 1 N–H and O–H groups in total. The van der Waals surface area contributed by atoms with Crippen molar-refractivity contribution in [1.82, 2.24) is 4.98 Å². The highest BCUT2D eigenvalue weighted by atomic mass is 32.1. The van der Waals surface area contributed by atoms with Gasteiger partial charge in [-0.1, -0.05) is 13.8 Å². The molecule has 62 valence electrons. The van der Waals surface area contributed by atoms with Crippen molar-refractivity contribution in [3.8, 4) is 0 Å². The first-order valence-electron chi connectivity index (χ1n) is 3.72. The van der Waals surface area contributed by atoms with E-state index in [0.717, 1.165) is 10.7 Å². The molecule has 0 aliphatic rings. The molecule has 0 saturated carbocycles. The van der Waals surface area contributed by atoms with Gasteiger partial charge in [-0.3, -0.25) is 0 Å². The predicted octanol–water partition coefficient (Wildman–Crippen LogP) is 2.07. The van der Waals surface area contributed by atoms with Gasteiger partial charge in [0.25, 0.3) is 0 Å². The zero-order valence-electron chi connectivity index (χ0n) is 7.09. The molecule has 1 heterocycles. The molecule has 0 bridgehead atoms. The fourth-order valence-electron chi connectivity index (χ4n) is 1.05. The fraction of sp³-hybridized carbons (Fsp3) is 0.625. The van der Waals surface area contributed by atoms with Gasteiger partial charge in [0.15, 0.2) is 0 Å². The van der Waals surface area contributed by atoms with E-state index in [-0.39, 0.29) is 6.61 Å². The summed E-state index contributed by atoms with van der Waals surface area (Å²) in [4.78, 5) is 5.43. The average molecular weight is 171 g/mol. The van der Waals surface area contributed by atoms with Gasteiger partial charge < -0.3 is 5.11 Å². The van der Waals surface area contributed by atoms with E-state index >= 15 is 0 Å². The van der Waals surface area contributed by atoms with E-state index in [1.807, 2.05) is 6.92 Å². The molecule has 11 heavy (non-hydrogen) atoms. The van der Waals surface area contributed by atoms with E-state index in [9.17, 15) is 0 Å². The molecule has 0 spiro atoms. The lowest BCUT2D eigenvalue weighted by Crippen LogP contribution is -1.91. The molecule has 0 saturated heterocycles. The minimum absolute atomic E-state index is 0.0673. The predicted molar refractivity (Wildman–Crippen MR) is 46.9 cm³/mol. The van der Waals surface area contributed by atoms with Crippen molar-refractivity contribution in [2.45, 2.75) is 33.3 Å². The summed E-state index contributed by atoms with van der Waals surface area (Å²) in [5, 5.41) is 9.96. The van der Waals surface area contributed by atoms with Gasteiger partial charge in [0.05, 0.1) is 17.3 Å². The Morgan fingerprint density at radius 1 is 1.55 bits per heavy atom. The summed E-state index contributed by atoms with van der Waals surface area (Å²) in [6.07, 6.45) is 0. The number of aliphatic hydroxyl groups is 1. The number of hydrogen-bond donors (Lipinski definition) is 1. The second-order valence-corrected chi connectivity index (χ2v) is 4.09. The number of hydrogen-bond acceptors (Lipinski definition) is 3. The highest BCUT2D eigenvalue weighted by Crippen LogP contribution is 2.25. The Labute approximate surface area is 70.9 Å². The number of aryl methyl sites for hydroxylation is 1. The van der Waals surface area contributed by atoms with Crippen molar-refractivity contribution in [1.29, 1.82) is 0 Å². The number of aliphatic hydroxyl groups excluding tert-OH is 1. The molecule has 1 aromatic heterocycles. The van der Waals surface area contributed by atoms with Crippen LogP contribution in [-0.4, -0.2) is 10.1 Å². The molecule has 0 atom stereocenters. The zero-order chi connectivity index (χ0) is 8.43. The van der Waals surface area contributed by atoms with Gasteiger partial charge in [0, 0.05) is 4.88 Å². The molecule has 0 aromatic carbocycles. The number of nitrogens with zero attached hydrogens (tertiary/aromatic N) is 1. The quantitative estimate of drug-likeness (QED) is 0.739. The highest BCUT2D eigenvalue weighted by Gasteiger charge is 2.10. The minimum Gasteiger partial charge on any atom is -0.390 e. The number of rotatable bonds is 2. The maximum absolute atomic E-state index is 8.92. The van der Waals surface area contributed by atoms with Crippen LogP contribution in [0.25, 0.3) is 0 Å². The fourth-order valence-corrected chi connectivity index (χ4v) is 1.99. The summed E-state index contributed by atoms with van der Waals surface area (Å²) in [6, 6.07) is 0. The van der Waals surface area contributed by atoms with E-state index in [4.69, 9.17) is 5.11 Å². The Morgan fingerprint density at radius 2 is 2.18 bits per heavy atom. The molecular formula is C8H13NOS. The van der Waals surface area contributed by atoms with Gasteiger partial charge >= 0.3 is 0 Å². The summed E-state index contributed by atoms with van der Waals surface area (Å²) in [5.41, 5.74) is 0.850. The summed E-state index contributed by atoms with van der Waals surface area (Å²) in [5.74, 6) is 0.475. The Kier molecular flexibility index (Phi) is 2.62. The van der Waals surface area contributed by atoms with E-state index in [0.29, 0.717) is 5.92 Å². The molecule has 2 nitrogen and oxygen atoms in total. The Morgan fingerprint density at radius 3 is 2.55 bits per heavy atom. The lowest BCUT2D eigenvalue weighted by molar-refractivity contribution is 0.276. The maximum atomic E-state index is 8.92. The standard InChI is InChI=1S/C8H13NOS/c1-5(2)8-7(4-10)9-6(3)11-8/h5,10H,4H2,1-3H3. The van der Waals surface area contributed by atoms with Crippen LogP contribution in [0.3, 0.4) is 0 Å². The van der Waals surface area contributed by atoms with Crippen molar-refractivity contribution >= 4 is 11.3 Å². The van der Waals surface area contributed by atoms with Gasteiger partial charge in [0.1, 0.15) is 0 Å². The van der Waals surface area contributed by atoms with Gasteiger partial charge in [0.2, 0.25) is 0 Å². The van der Waals surface area contributed by atoms with E-state index in [1.54, 1.807) is 11.3 Å². The third-order valence-electron chi connectivity index (χ3n) is 1.51. The second-order valence-electron chi connectivity index (χ2n) is 2.86. The highest BCUT2D eigenvalue weighted by molar-refractivity contribution is 7.11. The average Bonchev–Trinajstić information content (AvgIpc) is 2.30. The first-order valence-corrected chi connectivity index (χ1v) is 4.54. The van der Waals surface area contributed by atoms with Crippen LogP contribution in [-0.2, 0) is 6.61 Å². The lowest BCUT2D eigenvalue weighted by Gasteiger charge is -2.00. The molecule has 0 amide bonds. The van der Waals surface area contributed by atoms with Crippen molar-refractivity contribution < 1.29 is 5.11 Å². The Bertz CT molecular complexity index is 242. The van der Waals surface area contributed by atoms with Crippen LogP contribution in [0.5, 0.6) is 0 Å². The SMILES string of the molecule is Cc1nc(CO)c(C(C)C)s1. The summed E-state index contributed by atoms with van der Waals surface area (Å²) in [6.45, 7) is 6.27. The number of thiazole rings is 1. The van der Waals surface area contributed by atoms with Crippen molar-refractivity contribution in [3.05, 3.63) is 15.6 Å². The van der Waals surface area contributed by atoms with Crippen molar-refractivity contribution in [2.75, 3.05) is 0 Å². The van der Waals surface area contributed by atoms with E-state index in [2.05, 4.69) is 18.8 Å². The molecular weight excluding hydrogens is 158 g/mol. The Balaban J connectivity index is 3.02. The zero-order valence-corrected chi connectivity index (χ0v) is 7.90. The summed E-state index contributed by atoms with van der Waals surface area (Å²) < 4.78 is 0. The van der Waals surface area contributed by atoms with Crippen LogP contribution in [0.4, 0.5) is 0 Å². The van der Waals surface area contributed by atoms with Crippen LogP contribution >= 0.6 is 11.3 Å². The first-order chi connectivity index (χ1) is 5.15. The second kappa shape index (κ2) is 3.32. The van der Waals surface area contributed by atoms with Gasteiger partial charge in [-0.15, -0.1) is 11.3 Å². The topological polar surface area (TPSA) is 33.1 Å². The van der Waals surface area contributed by atoms with Crippen LogP contribution < -0.4 is 0 Å². The number of aromatic nitrogens is 1. The van der Waals surface area contributed by atoms with Gasteiger partial charge in [-0.25, -0.2) is 4.98 Å². The van der Waals surface area contributed by atoms with E-state index in [1.165, 1.54) is 4.88 Å². The molecule has 0 aliphatic carbocycles. The summed E-state index contributed by atoms with van der Waals surface area (Å²) >= 11 is 1.68. The first kappa shape index (κ1) is 8.68. The van der Waals surface area contributed by atoms with Crippen LogP contribution in [0, 0.1) is 6.92 Å². The van der Waals surface area contributed by atoms with Crippen molar-refractivity contribution in [2.24, 2.45) is 0 Å². The lowest BCUT2D eigenvalue weighted by atomic mass is 10.1. The van der Waals surface area contributed by atoms with Crippen LogP contribution in [0.2, 0.25) is 0 Å². The molecule has 0 unspecified atom stereocenters. The van der Waals surface area contributed by atoms with Crippen LogP contribution in [0.1, 0.15) is 35.3 Å². The van der Waals surface area contributed by atoms with Crippen LogP contribution in [0.15, 0.2) is 0 Å². The minimum atomic E-state index is 0.0673. The summed E-state index contributed by atoms with van der Waals surface area (Å²) in [7, 11) is 0. The third-order valence-corrected chi connectivity index (χ3v) is 2.82. The van der Waals surface area contributed by atoms with Gasteiger partial charge in [-0.2, -0.15) is 0 Å². The van der Waals surface area contributed by atoms with E-state index < -0.39 is 0 Å². The normalized spacial score (nSPS) is 11.0. The maximum Gasteiger partial charge on any atom is 0.0901 e. The molecule has 1 rings (SSSR count). The molecule has 0 fully saturated rings. The monoisotopic (exact) mass is 171 g/mol. The third kappa shape index (κ3) is 1.79. The molecule has 1 aromatic rings. The van der Waals surface area contributed by atoms with Crippen molar-refractivity contribution in [3.63, 3.8) is 0 Å². The molecule has 0 radical (unpaired) electrons.